The number of rotatable bonds is 7. The van der Waals surface area contributed by atoms with Crippen LogP contribution in [0, 0.1) is 5.92 Å². The topological polar surface area (TPSA) is 0 Å². The zero-order valence-electron chi connectivity index (χ0n) is 10.8. The molecule has 0 N–H and O–H groups in total. The third-order valence-electron chi connectivity index (χ3n) is 3.31. The van der Waals surface area contributed by atoms with Gasteiger partial charge in [-0.05, 0) is 36.5 Å². The van der Waals surface area contributed by atoms with Crippen molar-refractivity contribution in [2.45, 2.75) is 50.8 Å². The standard InChI is InChI=1S/C15H22Br2/c1-3-5-6-13(4-2)15(17)11-12-7-9-14(16)10-8-12/h7-10,13,15H,3-6,11H2,1-2H3. The summed E-state index contributed by atoms with van der Waals surface area (Å²) in [4.78, 5) is 0.611. The highest BCUT2D eigenvalue weighted by Gasteiger charge is 2.16. The lowest BCUT2D eigenvalue weighted by Gasteiger charge is -2.21. The van der Waals surface area contributed by atoms with Gasteiger partial charge in [0.05, 0.1) is 0 Å². The van der Waals surface area contributed by atoms with Crippen LogP contribution in [-0.4, -0.2) is 4.83 Å². The van der Waals surface area contributed by atoms with E-state index in [1.54, 1.807) is 0 Å². The van der Waals surface area contributed by atoms with Gasteiger partial charge in [-0.3, -0.25) is 0 Å². The monoisotopic (exact) mass is 360 g/mol. The van der Waals surface area contributed by atoms with Gasteiger partial charge in [0.25, 0.3) is 0 Å². The molecule has 2 unspecified atom stereocenters. The first-order chi connectivity index (χ1) is 8.17. The second kappa shape index (κ2) is 8.31. The van der Waals surface area contributed by atoms with Crippen LogP contribution in [0.25, 0.3) is 0 Å². The minimum atomic E-state index is 0.611. The second-order valence-electron chi connectivity index (χ2n) is 4.66. The SMILES string of the molecule is CCCCC(CC)C(Br)Cc1ccc(Br)cc1. The van der Waals surface area contributed by atoms with Crippen LogP contribution in [0.5, 0.6) is 0 Å². The summed E-state index contributed by atoms with van der Waals surface area (Å²) in [5.41, 5.74) is 1.42. The Morgan fingerprint density at radius 2 is 1.76 bits per heavy atom. The van der Waals surface area contributed by atoms with E-state index in [1.165, 1.54) is 31.2 Å². The van der Waals surface area contributed by atoms with Crippen molar-refractivity contribution in [3.63, 3.8) is 0 Å². The van der Waals surface area contributed by atoms with Crippen LogP contribution in [0.2, 0.25) is 0 Å². The van der Waals surface area contributed by atoms with Gasteiger partial charge in [0.15, 0.2) is 0 Å². The molecule has 1 aromatic rings. The number of alkyl halides is 1. The van der Waals surface area contributed by atoms with E-state index in [1.807, 2.05) is 0 Å². The molecule has 17 heavy (non-hydrogen) atoms. The normalized spacial score (nSPS) is 14.6. The molecule has 96 valence electrons. The Bertz CT molecular complexity index is 305. The summed E-state index contributed by atoms with van der Waals surface area (Å²) < 4.78 is 1.16. The zero-order chi connectivity index (χ0) is 12.7. The van der Waals surface area contributed by atoms with Crippen LogP contribution in [-0.2, 0) is 6.42 Å². The average Bonchev–Trinajstić information content (AvgIpc) is 2.33. The molecule has 0 heterocycles. The number of unbranched alkanes of at least 4 members (excludes halogenated alkanes) is 1. The van der Waals surface area contributed by atoms with Crippen molar-refractivity contribution < 1.29 is 0 Å². The van der Waals surface area contributed by atoms with Gasteiger partial charge in [-0.25, -0.2) is 0 Å². The van der Waals surface area contributed by atoms with Crippen molar-refractivity contribution in [1.29, 1.82) is 0 Å². The summed E-state index contributed by atoms with van der Waals surface area (Å²) in [5, 5.41) is 0. The van der Waals surface area contributed by atoms with Gasteiger partial charge >= 0.3 is 0 Å². The quantitative estimate of drug-likeness (QED) is 0.524. The Morgan fingerprint density at radius 3 is 2.29 bits per heavy atom. The molecule has 1 aromatic carbocycles. The maximum Gasteiger partial charge on any atom is 0.0214 e. The second-order valence-corrected chi connectivity index (χ2v) is 6.75. The van der Waals surface area contributed by atoms with Gasteiger partial charge < -0.3 is 0 Å². The third kappa shape index (κ3) is 5.56. The fraction of sp³-hybridized carbons (Fsp3) is 0.600. The molecule has 0 fully saturated rings. The minimum absolute atomic E-state index is 0.611. The van der Waals surface area contributed by atoms with Crippen LogP contribution in [0.15, 0.2) is 28.7 Å². The smallest absolute Gasteiger partial charge is 0.0214 e. The maximum atomic E-state index is 3.88. The van der Waals surface area contributed by atoms with Gasteiger partial charge in [0.2, 0.25) is 0 Å². The van der Waals surface area contributed by atoms with Gasteiger partial charge in [0, 0.05) is 9.30 Å². The Balaban J connectivity index is 2.51. The van der Waals surface area contributed by atoms with Gasteiger partial charge in [-0.15, -0.1) is 0 Å². The molecule has 0 saturated heterocycles. The molecule has 1 rings (SSSR count). The summed E-state index contributed by atoms with van der Waals surface area (Å²) in [6.45, 7) is 4.57. The van der Waals surface area contributed by atoms with Gasteiger partial charge in [-0.1, -0.05) is 77.1 Å². The Morgan fingerprint density at radius 1 is 1.12 bits per heavy atom. The van der Waals surface area contributed by atoms with Crippen molar-refractivity contribution >= 4 is 31.9 Å². The first-order valence-electron chi connectivity index (χ1n) is 6.55. The number of benzene rings is 1. The summed E-state index contributed by atoms with van der Waals surface area (Å²) in [6.07, 6.45) is 6.40. The third-order valence-corrected chi connectivity index (χ3v) is 4.91. The van der Waals surface area contributed by atoms with Crippen molar-refractivity contribution in [2.24, 2.45) is 5.92 Å². The van der Waals surface area contributed by atoms with E-state index in [-0.39, 0.29) is 0 Å². The van der Waals surface area contributed by atoms with E-state index in [2.05, 4.69) is 70.0 Å². The Labute approximate surface area is 122 Å². The molecule has 0 aliphatic heterocycles. The molecule has 2 atom stereocenters. The zero-order valence-corrected chi connectivity index (χ0v) is 13.9. The Hall–Kier alpha value is 0.180. The molecule has 0 aromatic heterocycles. The predicted octanol–water partition coefficient (Wildman–Crippen LogP) is 5.97. The van der Waals surface area contributed by atoms with E-state index >= 15 is 0 Å². The lowest BCUT2D eigenvalue weighted by molar-refractivity contribution is 0.437. The molecule has 0 spiro atoms. The van der Waals surface area contributed by atoms with Crippen molar-refractivity contribution in [1.82, 2.24) is 0 Å². The molecule has 0 bridgehead atoms. The molecule has 0 aliphatic rings. The number of hydrogen-bond acceptors (Lipinski definition) is 0. The van der Waals surface area contributed by atoms with Crippen LogP contribution in [0.1, 0.15) is 45.1 Å². The summed E-state index contributed by atoms with van der Waals surface area (Å²) in [7, 11) is 0. The van der Waals surface area contributed by atoms with E-state index < -0.39 is 0 Å². The fourth-order valence-electron chi connectivity index (χ4n) is 2.12. The highest BCUT2D eigenvalue weighted by atomic mass is 79.9. The molecular formula is C15H22Br2. The average molecular weight is 362 g/mol. The van der Waals surface area contributed by atoms with Crippen molar-refractivity contribution in [2.75, 3.05) is 0 Å². The largest absolute Gasteiger partial charge is 0.0884 e. The van der Waals surface area contributed by atoms with E-state index in [0.717, 1.165) is 16.8 Å². The molecule has 0 saturated carbocycles. The Kier molecular flexibility index (Phi) is 7.45. The van der Waals surface area contributed by atoms with E-state index in [4.69, 9.17) is 0 Å². The minimum Gasteiger partial charge on any atom is -0.0884 e. The fourth-order valence-corrected chi connectivity index (χ4v) is 3.40. The maximum absolute atomic E-state index is 3.88. The first-order valence-corrected chi connectivity index (χ1v) is 8.26. The van der Waals surface area contributed by atoms with Crippen LogP contribution in [0.4, 0.5) is 0 Å². The summed E-state index contributed by atoms with van der Waals surface area (Å²) >= 11 is 7.35. The summed E-state index contributed by atoms with van der Waals surface area (Å²) in [5.74, 6) is 0.804. The lowest BCUT2D eigenvalue weighted by Crippen LogP contribution is -2.16. The van der Waals surface area contributed by atoms with E-state index in [9.17, 15) is 0 Å². The number of halogens is 2. The van der Waals surface area contributed by atoms with Gasteiger partial charge in [0.1, 0.15) is 0 Å². The van der Waals surface area contributed by atoms with Crippen molar-refractivity contribution in [3.8, 4) is 0 Å². The molecule has 0 amide bonds. The molecule has 0 nitrogen and oxygen atoms in total. The van der Waals surface area contributed by atoms with Crippen LogP contribution >= 0.6 is 31.9 Å². The molecule has 0 aliphatic carbocycles. The van der Waals surface area contributed by atoms with Crippen LogP contribution < -0.4 is 0 Å². The highest BCUT2D eigenvalue weighted by molar-refractivity contribution is 9.10. The first kappa shape index (κ1) is 15.2. The molecule has 2 heteroatoms. The lowest BCUT2D eigenvalue weighted by atomic mass is 9.92. The summed E-state index contributed by atoms with van der Waals surface area (Å²) in [6, 6.07) is 8.68. The molecular weight excluding hydrogens is 340 g/mol. The molecule has 0 radical (unpaired) electrons. The predicted molar refractivity (Wildman–Crippen MR) is 83.9 cm³/mol. The van der Waals surface area contributed by atoms with Crippen LogP contribution in [0.3, 0.4) is 0 Å². The highest BCUT2D eigenvalue weighted by Crippen LogP contribution is 2.26. The van der Waals surface area contributed by atoms with E-state index in [0.29, 0.717) is 4.83 Å². The van der Waals surface area contributed by atoms with Crippen molar-refractivity contribution in [3.05, 3.63) is 34.3 Å². The number of hydrogen-bond donors (Lipinski definition) is 0. The van der Waals surface area contributed by atoms with Gasteiger partial charge in [-0.2, -0.15) is 0 Å².